The summed E-state index contributed by atoms with van der Waals surface area (Å²) in [4.78, 5) is 0. The van der Waals surface area contributed by atoms with Crippen LogP contribution in [0, 0.1) is 0 Å². The third kappa shape index (κ3) is 1.45. The summed E-state index contributed by atoms with van der Waals surface area (Å²) in [6, 6.07) is 3.08. The SMILES string of the molecule is CC1Cc2ccc(O)c(O)c2C(=NO)O1. The molecule has 0 amide bonds. The Morgan fingerprint density at radius 3 is 2.80 bits per heavy atom. The monoisotopic (exact) mass is 209 g/mol. The van der Waals surface area contributed by atoms with Crippen molar-refractivity contribution in [3.8, 4) is 11.5 Å². The highest BCUT2D eigenvalue weighted by molar-refractivity contribution is 5.99. The van der Waals surface area contributed by atoms with E-state index in [0.29, 0.717) is 6.42 Å². The van der Waals surface area contributed by atoms with Crippen LogP contribution < -0.4 is 0 Å². The third-order valence-corrected chi connectivity index (χ3v) is 2.37. The maximum Gasteiger partial charge on any atom is 0.261 e. The van der Waals surface area contributed by atoms with Crippen LogP contribution in [-0.2, 0) is 11.2 Å². The number of rotatable bonds is 0. The van der Waals surface area contributed by atoms with Crippen LogP contribution in [0.3, 0.4) is 0 Å². The molecule has 5 nitrogen and oxygen atoms in total. The Bertz CT molecular complexity index is 428. The second-order valence-electron chi connectivity index (χ2n) is 3.51. The molecule has 1 aromatic rings. The Balaban J connectivity index is 2.63. The van der Waals surface area contributed by atoms with Crippen LogP contribution >= 0.6 is 0 Å². The zero-order valence-corrected chi connectivity index (χ0v) is 8.14. The smallest absolute Gasteiger partial charge is 0.261 e. The largest absolute Gasteiger partial charge is 0.504 e. The molecule has 2 rings (SSSR count). The van der Waals surface area contributed by atoms with E-state index in [1.54, 1.807) is 6.07 Å². The zero-order valence-electron chi connectivity index (χ0n) is 8.14. The molecule has 0 aliphatic carbocycles. The number of phenolic OH excluding ortho intramolecular Hbond substituents is 2. The summed E-state index contributed by atoms with van der Waals surface area (Å²) in [5, 5.41) is 30.6. The standard InChI is InChI=1S/C10H11NO4/c1-5-4-6-2-3-7(12)9(13)8(6)10(11-14)15-5/h2-3,5,12-14H,4H2,1H3. The Morgan fingerprint density at radius 2 is 2.13 bits per heavy atom. The highest BCUT2D eigenvalue weighted by atomic mass is 16.5. The number of fused-ring (bicyclic) bond motifs is 1. The molecule has 0 spiro atoms. The molecule has 1 unspecified atom stereocenters. The zero-order chi connectivity index (χ0) is 11.0. The average Bonchev–Trinajstić information content (AvgIpc) is 2.22. The molecule has 5 heteroatoms. The fraction of sp³-hybridized carbons (Fsp3) is 0.300. The Kier molecular flexibility index (Phi) is 2.15. The number of aromatic hydroxyl groups is 2. The topological polar surface area (TPSA) is 82.3 Å². The highest BCUT2D eigenvalue weighted by Gasteiger charge is 2.27. The van der Waals surface area contributed by atoms with Crippen molar-refractivity contribution in [2.45, 2.75) is 19.4 Å². The molecule has 80 valence electrons. The first kappa shape index (κ1) is 9.64. The van der Waals surface area contributed by atoms with Crippen LogP contribution in [0.2, 0.25) is 0 Å². The van der Waals surface area contributed by atoms with Gasteiger partial charge in [-0.05, 0) is 23.7 Å². The quantitative estimate of drug-likeness (QED) is 0.340. The summed E-state index contributed by atoms with van der Waals surface area (Å²) in [5.41, 5.74) is 1.05. The minimum absolute atomic E-state index is 0.0582. The lowest BCUT2D eigenvalue weighted by Crippen LogP contribution is -2.25. The van der Waals surface area contributed by atoms with Crippen LogP contribution in [-0.4, -0.2) is 27.4 Å². The van der Waals surface area contributed by atoms with Crippen molar-refractivity contribution in [1.29, 1.82) is 0 Å². The first-order valence-corrected chi connectivity index (χ1v) is 4.56. The van der Waals surface area contributed by atoms with Crippen molar-refractivity contribution >= 4 is 5.90 Å². The van der Waals surface area contributed by atoms with E-state index in [4.69, 9.17) is 9.94 Å². The molecule has 1 heterocycles. The Hall–Kier alpha value is -1.91. The minimum Gasteiger partial charge on any atom is -0.504 e. The molecular formula is C10H11NO4. The van der Waals surface area contributed by atoms with E-state index in [0.717, 1.165) is 5.56 Å². The summed E-state index contributed by atoms with van der Waals surface area (Å²) in [5.74, 6) is -0.627. The molecule has 0 bridgehead atoms. The van der Waals surface area contributed by atoms with Crippen molar-refractivity contribution in [2.75, 3.05) is 0 Å². The summed E-state index contributed by atoms with van der Waals surface area (Å²) in [6.45, 7) is 1.83. The van der Waals surface area contributed by atoms with E-state index in [-0.39, 0.29) is 29.1 Å². The lowest BCUT2D eigenvalue weighted by molar-refractivity contribution is 0.180. The van der Waals surface area contributed by atoms with Gasteiger partial charge in [-0.1, -0.05) is 6.07 Å². The van der Waals surface area contributed by atoms with Crippen LogP contribution in [0.5, 0.6) is 11.5 Å². The van der Waals surface area contributed by atoms with E-state index in [9.17, 15) is 10.2 Å². The molecular weight excluding hydrogens is 198 g/mol. The van der Waals surface area contributed by atoms with Gasteiger partial charge in [-0.2, -0.15) is 0 Å². The molecule has 0 saturated carbocycles. The van der Waals surface area contributed by atoms with Gasteiger partial charge >= 0.3 is 0 Å². The van der Waals surface area contributed by atoms with Gasteiger partial charge in [0.15, 0.2) is 11.5 Å². The van der Waals surface area contributed by atoms with Crippen molar-refractivity contribution in [3.63, 3.8) is 0 Å². The predicted molar refractivity (Wildman–Crippen MR) is 52.3 cm³/mol. The van der Waals surface area contributed by atoms with Gasteiger partial charge in [0.05, 0.1) is 5.56 Å². The fourth-order valence-electron chi connectivity index (χ4n) is 1.71. The maximum absolute atomic E-state index is 9.61. The first-order chi connectivity index (χ1) is 7.13. The van der Waals surface area contributed by atoms with Crippen molar-refractivity contribution in [1.82, 2.24) is 0 Å². The maximum atomic E-state index is 9.61. The molecule has 1 aliphatic rings. The Labute approximate surface area is 86.2 Å². The van der Waals surface area contributed by atoms with Gasteiger partial charge in [0.25, 0.3) is 5.90 Å². The summed E-state index contributed by atoms with van der Waals surface area (Å²) in [6.07, 6.45) is 0.481. The number of oxime groups is 1. The van der Waals surface area contributed by atoms with E-state index >= 15 is 0 Å². The van der Waals surface area contributed by atoms with Gasteiger partial charge in [0.1, 0.15) is 6.10 Å². The lowest BCUT2D eigenvalue weighted by Gasteiger charge is -2.24. The number of phenols is 2. The minimum atomic E-state index is -0.313. The van der Waals surface area contributed by atoms with Crippen LogP contribution in [0.15, 0.2) is 17.3 Å². The molecule has 0 fully saturated rings. The number of benzene rings is 1. The van der Waals surface area contributed by atoms with E-state index < -0.39 is 0 Å². The summed E-state index contributed by atoms with van der Waals surface area (Å²) in [7, 11) is 0. The fourth-order valence-corrected chi connectivity index (χ4v) is 1.71. The highest BCUT2D eigenvalue weighted by Crippen LogP contribution is 2.35. The average molecular weight is 209 g/mol. The molecule has 1 aromatic carbocycles. The lowest BCUT2D eigenvalue weighted by atomic mass is 9.97. The molecule has 3 N–H and O–H groups in total. The van der Waals surface area contributed by atoms with Gasteiger partial charge in [0.2, 0.25) is 0 Å². The third-order valence-electron chi connectivity index (χ3n) is 2.37. The first-order valence-electron chi connectivity index (χ1n) is 4.56. The van der Waals surface area contributed by atoms with Crippen LogP contribution in [0.25, 0.3) is 0 Å². The van der Waals surface area contributed by atoms with Gasteiger partial charge < -0.3 is 20.2 Å². The van der Waals surface area contributed by atoms with Gasteiger partial charge in [-0.3, -0.25) is 0 Å². The Morgan fingerprint density at radius 1 is 1.40 bits per heavy atom. The number of nitrogens with zero attached hydrogens (tertiary/aromatic N) is 1. The predicted octanol–water partition coefficient (Wildman–Crippen LogP) is 1.19. The summed E-state index contributed by atoms with van der Waals surface area (Å²) < 4.78 is 5.23. The van der Waals surface area contributed by atoms with Gasteiger partial charge in [-0.25, -0.2) is 0 Å². The van der Waals surface area contributed by atoms with Gasteiger partial charge in [0, 0.05) is 6.42 Å². The second kappa shape index (κ2) is 3.34. The van der Waals surface area contributed by atoms with E-state index in [1.165, 1.54) is 6.07 Å². The van der Waals surface area contributed by atoms with E-state index in [1.807, 2.05) is 6.92 Å². The van der Waals surface area contributed by atoms with Crippen LogP contribution in [0.4, 0.5) is 0 Å². The molecule has 0 radical (unpaired) electrons. The summed E-state index contributed by atoms with van der Waals surface area (Å²) >= 11 is 0. The van der Waals surface area contributed by atoms with Crippen LogP contribution in [0.1, 0.15) is 18.1 Å². The number of hydrogen-bond donors (Lipinski definition) is 3. The second-order valence-corrected chi connectivity index (χ2v) is 3.51. The van der Waals surface area contributed by atoms with Crippen molar-refractivity contribution in [3.05, 3.63) is 23.3 Å². The molecule has 0 saturated heterocycles. The number of hydrogen-bond acceptors (Lipinski definition) is 5. The molecule has 0 aromatic heterocycles. The molecule has 15 heavy (non-hydrogen) atoms. The number of ether oxygens (including phenoxy) is 1. The van der Waals surface area contributed by atoms with Crippen molar-refractivity contribution < 1.29 is 20.2 Å². The van der Waals surface area contributed by atoms with Crippen molar-refractivity contribution in [2.24, 2.45) is 5.16 Å². The molecule has 1 atom stereocenters. The van der Waals surface area contributed by atoms with E-state index in [2.05, 4.69) is 5.16 Å². The molecule has 1 aliphatic heterocycles. The normalized spacial score (nSPS) is 22.2. The van der Waals surface area contributed by atoms with Gasteiger partial charge in [-0.15, -0.1) is 0 Å².